The lowest BCUT2D eigenvalue weighted by Crippen LogP contribution is -2.48. The van der Waals surface area contributed by atoms with E-state index in [0.717, 1.165) is 0 Å². The summed E-state index contributed by atoms with van der Waals surface area (Å²) in [5, 5.41) is 6.28. The van der Waals surface area contributed by atoms with Gasteiger partial charge in [-0.1, -0.05) is 0 Å². The molecule has 5 N–H and O–H groups in total. The molecule has 0 amide bonds. The van der Waals surface area contributed by atoms with Crippen molar-refractivity contribution in [2.75, 3.05) is 22.9 Å². The molecule has 1 saturated heterocycles. The third-order valence-corrected chi connectivity index (χ3v) is 3.51. The van der Waals surface area contributed by atoms with Crippen LogP contribution in [0.2, 0.25) is 0 Å². The van der Waals surface area contributed by atoms with Crippen molar-refractivity contribution < 1.29 is 9.47 Å². The van der Waals surface area contributed by atoms with Crippen LogP contribution in [0.4, 0.5) is 17.5 Å². The largest absolute Gasteiger partial charge is 0.370 e. The van der Waals surface area contributed by atoms with Gasteiger partial charge in [0.25, 0.3) is 5.56 Å². The molecule has 2 aliphatic heterocycles. The van der Waals surface area contributed by atoms with Crippen LogP contribution < -0.4 is 21.9 Å². The highest BCUT2D eigenvalue weighted by Crippen LogP contribution is 2.32. The molecule has 110 valence electrons. The van der Waals surface area contributed by atoms with Gasteiger partial charge in [0.05, 0.1) is 12.1 Å². The summed E-state index contributed by atoms with van der Waals surface area (Å²) >= 11 is 0. The molecule has 2 aliphatic rings. The van der Waals surface area contributed by atoms with E-state index in [4.69, 9.17) is 15.2 Å². The summed E-state index contributed by atoms with van der Waals surface area (Å²) in [6.45, 7) is 6.30. The Balaban J connectivity index is 1.84. The van der Waals surface area contributed by atoms with Crippen molar-refractivity contribution in [1.82, 2.24) is 9.97 Å². The molecular weight excluding hydrogens is 262 g/mol. The Morgan fingerprint density at radius 3 is 2.80 bits per heavy atom. The number of rotatable bonds is 1. The second kappa shape index (κ2) is 4.35. The number of H-pyrrole nitrogens is 1. The lowest BCUT2D eigenvalue weighted by molar-refractivity contribution is -0.145. The van der Waals surface area contributed by atoms with E-state index in [1.165, 1.54) is 0 Å². The van der Waals surface area contributed by atoms with E-state index in [-0.39, 0.29) is 29.8 Å². The first-order valence-electron chi connectivity index (χ1n) is 6.61. The van der Waals surface area contributed by atoms with Crippen LogP contribution >= 0.6 is 0 Å². The maximum absolute atomic E-state index is 11.9. The zero-order valence-corrected chi connectivity index (χ0v) is 11.7. The summed E-state index contributed by atoms with van der Waals surface area (Å²) in [6, 6.07) is -0.0780. The van der Waals surface area contributed by atoms with Gasteiger partial charge in [0.15, 0.2) is 11.6 Å². The summed E-state index contributed by atoms with van der Waals surface area (Å²) in [6.07, 6.45) is -0.214. The molecule has 1 fully saturated rings. The predicted molar refractivity (Wildman–Crippen MR) is 74.7 cm³/mol. The minimum absolute atomic E-state index is 0.0633. The number of nitrogen functional groups attached to an aromatic ring is 1. The van der Waals surface area contributed by atoms with Crippen LogP contribution in [-0.4, -0.2) is 40.5 Å². The van der Waals surface area contributed by atoms with Crippen molar-refractivity contribution >= 4 is 17.5 Å². The van der Waals surface area contributed by atoms with Crippen molar-refractivity contribution in [3.05, 3.63) is 10.4 Å². The number of anilines is 3. The van der Waals surface area contributed by atoms with Gasteiger partial charge in [-0.15, -0.1) is 0 Å². The van der Waals surface area contributed by atoms with Gasteiger partial charge in [-0.25, -0.2) is 0 Å². The number of nitrogens with one attached hydrogen (secondary N) is 3. The lowest BCUT2D eigenvalue weighted by atomic mass is 10.0. The molecular formula is C12H19N5O3. The number of nitrogens with two attached hydrogens (primary N) is 1. The smallest absolute Gasteiger partial charge is 0.277 e. The number of hydrogen-bond donors (Lipinski definition) is 4. The van der Waals surface area contributed by atoms with Crippen LogP contribution in [0.25, 0.3) is 0 Å². The third kappa shape index (κ3) is 2.20. The zero-order valence-electron chi connectivity index (χ0n) is 11.7. The Morgan fingerprint density at radius 1 is 1.40 bits per heavy atom. The molecule has 0 unspecified atom stereocenters. The Hall–Kier alpha value is -1.80. The maximum atomic E-state index is 11.9. The van der Waals surface area contributed by atoms with Crippen molar-refractivity contribution in [3.8, 4) is 0 Å². The van der Waals surface area contributed by atoms with Crippen molar-refractivity contribution in [2.45, 2.75) is 44.8 Å². The Labute approximate surface area is 116 Å². The van der Waals surface area contributed by atoms with Crippen LogP contribution in [0.5, 0.6) is 0 Å². The molecule has 1 aromatic heterocycles. The van der Waals surface area contributed by atoms with E-state index in [1.807, 2.05) is 20.8 Å². The summed E-state index contributed by atoms with van der Waals surface area (Å²) in [5.74, 6) is -0.0533. The second-order valence-electron chi connectivity index (χ2n) is 5.61. The fourth-order valence-corrected chi connectivity index (χ4v) is 2.77. The van der Waals surface area contributed by atoms with Gasteiger partial charge in [0, 0.05) is 6.54 Å². The quantitative estimate of drug-likeness (QED) is 0.577. The fraction of sp³-hybridized carbons (Fsp3) is 0.667. The maximum Gasteiger partial charge on any atom is 0.277 e. The topological polar surface area (TPSA) is 114 Å². The van der Waals surface area contributed by atoms with Gasteiger partial charge in [0.1, 0.15) is 11.8 Å². The molecule has 3 rings (SSSR count). The molecule has 3 atom stereocenters. The van der Waals surface area contributed by atoms with Gasteiger partial charge in [0.2, 0.25) is 5.95 Å². The van der Waals surface area contributed by atoms with E-state index in [1.54, 1.807) is 0 Å². The van der Waals surface area contributed by atoms with E-state index < -0.39 is 5.79 Å². The minimum Gasteiger partial charge on any atom is -0.370 e. The Kier molecular flexibility index (Phi) is 2.87. The van der Waals surface area contributed by atoms with E-state index in [9.17, 15) is 4.79 Å². The van der Waals surface area contributed by atoms with E-state index >= 15 is 0 Å². The molecule has 0 spiro atoms. The Morgan fingerprint density at radius 2 is 2.15 bits per heavy atom. The lowest BCUT2D eigenvalue weighted by Gasteiger charge is -2.31. The molecule has 0 radical (unpaired) electrons. The number of hydrogen-bond acceptors (Lipinski definition) is 7. The van der Waals surface area contributed by atoms with Crippen molar-refractivity contribution in [3.63, 3.8) is 0 Å². The molecule has 0 saturated carbocycles. The van der Waals surface area contributed by atoms with Gasteiger partial charge in [-0.2, -0.15) is 4.98 Å². The van der Waals surface area contributed by atoms with Crippen LogP contribution in [0.3, 0.4) is 0 Å². The molecule has 1 aromatic rings. The monoisotopic (exact) mass is 281 g/mol. The molecule has 20 heavy (non-hydrogen) atoms. The van der Waals surface area contributed by atoms with Crippen molar-refractivity contribution in [1.29, 1.82) is 0 Å². The van der Waals surface area contributed by atoms with Gasteiger partial charge >= 0.3 is 0 Å². The summed E-state index contributed by atoms with van der Waals surface area (Å²) in [7, 11) is 0. The minimum atomic E-state index is -0.613. The molecule has 0 aliphatic carbocycles. The highest BCUT2D eigenvalue weighted by atomic mass is 16.8. The Bertz CT molecular complexity index is 585. The predicted octanol–water partition coefficient (Wildman–Crippen LogP) is 0.0981. The fourth-order valence-electron chi connectivity index (χ4n) is 2.77. The molecule has 8 heteroatoms. The first kappa shape index (κ1) is 13.2. The SMILES string of the molecule is C[C@H]1OC(C)(C)O[C@@H]1[C@H]1CNc2nc(N)[nH]c(=O)c2N1. The first-order valence-corrected chi connectivity index (χ1v) is 6.61. The highest BCUT2D eigenvalue weighted by molar-refractivity contribution is 5.67. The second-order valence-corrected chi connectivity index (χ2v) is 5.61. The van der Waals surface area contributed by atoms with Gasteiger partial charge < -0.3 is 25.8 Å². The molecule has 3 heterocycles. The third-order valence-electron chi connectivity index (χ3n) is 3.51. The first-order chi connectivity index (χ1) is 9.35. The normalized spacial score (nSPS) is 31.2. The van der Waals surface area contributed by atoms with Gasteiger partial charge in [-0.3, -0.25) is 9.78 Å². The summed E-state index contributed by atoms with van der Waals surface area (Å²) < 4.78 is 11.6. The average molecular weight is 281 g/mol. The van der Waals surface area contributed by atoms with Crippen LogP contribution in [0.15, 0.2) is 4.79 Å². The number of aromatic amines is 1. The number of fused-ring (bicyclic) bond motifs is 1. The number of aromatic nitrogens is 2. The van der Waals surface area contributed by atoms with E-state index in [0.29, 0.717) is 18.1 Å². The van der Waals surface area contributed by atoms with Gasteiger partial charge in [-0.05, 0) is 20.8 Å². The highest BCUT2D eigenvalue weighted by Gasteiger charge is 2.44. The van der Waals surface area contributed by atoms with Crippen LogP contribution in [0, 0.1) is 0 Å². The standard InChI is InChI=1S/C12H19N5O3/c1-5-8(20-12(2,3)19-5)6-4-14-9-7(15-6)10(18)17-11(13)16-9/h5-6,8,15H,4H2,1-3H3,(H4,13,14,16,17,18)/t5-,6-,8+/m1/s1. The number of ether oxygens (including phenoxy) is 2. The average Bonchev–Trinajstić information content (AvgIpc) is 2.62. The molecule has 0 aromatic carbocycles. The number of nitrogens with zero attached hydrogens (tertiary/aromatic N) is 1. The van der Waals surface area contributed by atoms with Crippen LogP contribution in [-0.2, 0) is 9.47 Å². The zero-order chi connectivity index (χ0) is 14.5. The van der Waals surface area contributed by atoms with Crippen LogP contribution in [0.1, 0.15) is 20.8 Å². The summed E-state index contributed by atoms with van der Waals surface area (Å²) in [5.41, 5.74) is 5.61. The molecule has 8 nitrogen and oxygen atoms in total. The van der Waals surface area contributed by atoms with Crippen molar-refractivity contribution in [2.24, 2.45) is 0 Å². The van der Waals surface area contributed by atoms with E-state index in [2.05, 4.69) is 20.6 Å². The summed E-state index contributed by atoms with van der Waals surface area (Å²) in [4.78, 5) is 18.4. The molecule has 0 bridgehead atoms.